The third-order valence-corrected chi connectivity index (χ3v) is 3.80. The number of carbonyl (C=O) groups is 2. The molecule has 21 heavy (non-hydrogen) atoms. The molecule has 0 amide bonds. The van der Waals surface area contributed by atoms with Crippen molar-refractivity contribution in [2.45, 2.75) is 78.1 Å². The summed E-state index contributed by atoms with van der Waals surface area (Å²) in [6, 6.07) is 0. The highest BCUT2D eigenvalue weighted by Crippen LogP contribution is 2.11. The number of unbranched alkanes of at least 4 members (excludes halogenated alkanes) is 8. The second kappa shape index (κ2) is 14.2. The van der Waals surface area contributed by atoms with Crippen molar-refractivity contribution in [1.82, 2.24) is 0 Å². The fourth-order valence-corrected chi connectivity index (χ4v) is 1.98. The van der Waals surface area contributed by atoms with E-state index in [-0.39, 0.29) is 5.88 Å². The normalized spacial score (nSPS) is 12.0. The van der Waals surface area contributed by atoms with Gasteiger partial charge in [0.1, 0.15) is 0 Å². The summed E-state index contributed by atoms with van der Waals surface area (Å²) in [6.07, 6.45) is 11.0. The molecule has 0 saturated heterocycles. The Kier molecular flexibility index (Phi) is 13.7. The van der Waals surface area contributed by atoms with E-state index in [0.29, 0.717) is 6.42 Å². The minimum atomic E-state index is -0.606. The first kappa shape index (κ1) is 20.2. The van der Waals surface area contributed by atoms with Crippen LogP contribution in [0, 0.1) is 5.92 Å². The van der Waals surface area contributed by atoms with E-state index in [1.807, 2.05) is 0 Å². The minimum Gasteiger partial charge on any atom is -0.247 e. The van der Waals surface area contributed by atoms with Crippen LogP contribution in [-0.2, 0) is 19.4 Å². The zero-order chi connectivity index (χ0) is 15.9. The van der Waals surface area contributed by atoms with Crippen molar-refractivity contribution in [3.63, 3.8) is 0 Å². The molecule has 124 valence electrons. The third kappa shape index (κ3) is 12.7. The van der Waals surface area contributed by atoms with Crippen molar-refractivity contribution in [1.29, 1.82) is 0 Å². The summed E-state index contributed by atoms with van der Waals surface area (Å²) in [6.45, 7) is 3.83. The predicted octanol–water partition coefficient (Wildman–Crippen LogP) is 4.78. The van der Waals surface area contributed by atoms with E-state index in [2.05, 4.69) is 16.7 Å². The number of rotatable bonds is 12. The molecule has 4 nitrogen and oxygen atoms in total. The molecule has 0 aliphatic carbocycles. The monoisotopic (exact) mass is 320 g/mol. The number of hydrogen-bond donors (Lipinski definition) is 0. The average molecular weight is 321 g/mol. The largest absolute Gasteiger partial charge is 0.359 e. The van der Waals surface area contributed by atoms with E-state index in [1.165, 1.54) is 38.5 Å². The Morgan fingerprint density at radius 1 is 0.905 bits per heavy atom. The Bertz CT molecular complexity index is 281. The SMILES string of the molecule is CCCCCCCCCCCC(=O)OOC(=O)C(C)CCl. The molecule has 0 aromatic rings. The van der Waals surface area contributed by atoms with Crippen LogP contribution in [0.4, 0.5) is 0 Å². The van der Waals surface area contributed by atoms with Crippen LogP contribution in [0.25, 0.3) is 0 Å². The van der Waals surface area contributed by atoms with Gasteiger partial charge in [-0.2, -0.15) is 0 Å². The maximum absolute atomic E-state index is 11.3. The zero-order valence-corrected chi connectivity index (χ0v) is 14.1. The molecule has 1 atom stereocenters. The fraction of sp³-hybridized carbons (Fsp3) is 0.875. The highest BCUT2D eigenvalue weighted by Gasteiger charge is 2.16. The second-order valence-electron chi connectivity index (χ2n) is 5.49. The first-order chi connectivity index (χ1) is 10.1. The van der Waals surface area contributed by atoms with Gasteiger partial charge < -0.3 is 0 Å². The molecular weight excluding hydrogens is 292 g/mol. The van der Waals surface area contributed by atoms with Gasteiger partial charge in [0.05, 0.1) is 12.3 Å². The molecule has 0 aliphatic heterocycles. The lowest BCUT2D eigenvalue weighted by Crippen LogP contribution is -2.18. The molecule has 0 saturated carbocycles. The minimum absolute atomic E-state index is 0.147. The van der Waals surface area contributed by atoms with Gasteiger partial charge in [-0.1, -0.05) is 65.2 Å². The lowest BCUT2D eigenvalue weighted by molar-refractivity contribution is -0.261. The van der Waals surface area contributed by atoms with E-state index in [4.69, 9.17) is 11.6 Å². The molecular formula is C16H29ClO4. The summed E-state index contributed by atoms with van der Waals surface area (Å²) in [4.78, 5) is 31.4. The van der Waals surface area contributed by atoms with Crippen LogP contribution >= 0.6 is 11.6 Å². The molecule has 1 unspecified atom stereocenters. The first-order valence-electron chi connectivity index (χ1n) is 8.09. The van der Waals surface area contributed by atoms with Crippen LogP contribution in [-0.4, -0.2) is 17.8 Å². The number of alkyl halides is 1. The van der Waals surface area contributed by atoms with Crippen LogP contribution in [0.15, 0.2) is 0 Å². The first-order valence-corrected chi connectivity index (χ1v) is 8.62. The standard InChI is InChI=1S/C16H29ClO4/c1-3-4-5-6-7-8-9-10-11-12-15(18)20-21-16(19)14(2)13-17/h14H,3-13H2,1-2H3. The molecule has 0 aliphatic rings. The van der Waals surface area contributed by atoms with Gasteiger partial charge in [0.15, 0.2) is 0 Å². The van der Waals surface area contributed by atoms with Crippen molar-refractivity contribution >= 4 is 23.5 Å². The molecule has 0 N–H and O–H groups in total. The van der Waals surface area contributed by atoms with E-state index < -0.39 is 17.9 Å². The lowest BCUT2D eigenvalue weighted by atomic mass is 10.1. The Hall–Kier alpha value is -0.770. The summed E-state index contributed by atoms with van der Waals surface area (Å²) < 4.78 is 0. The van der Waals surface area contributed by atoms with Crippen LogP contribution in [0.1, 0.15) is 78.1 Å². The molecule has 0 rings (SSSR count). The van der Waals surface area contributed by atoms with Gasteiger partial charge in [-0.3, -0.25) is 0 Å². The van der Waals surface area contributed by atoms with Crippen molar-refractivity contribution in [3.05, 3.63) is 0 Å². The van der Waals surface area contributed by atoms with E-state index in [0.717, 1.165) is 19.3 Å². The average Bonchev–Trinajstić information content (AvgIpc) is 2.50. The molecule has 0 aromatic carbocycles. The zero-order valence-electron chi connectivity index (χ0n) is 13.4. The van der Waals surface area contributed by atoms with Gasteiger partial charge in [-0.15, -0.1) is 11.6 Å². The van der Waals surface area contributed by atoms with Crippen molar-refractivity contribution in [2.24, 2.45) is 5.92 Å². The Morgan fingerprint density at radius 2 is 1.43 bits per heavy atom. The van der Waals surface area contributed by atoms with Crippen LogP contribution in [0.2, 0.25) is 0 Å². The quantitative estimate of drug-likeness (QED) is 0.225. The van der Waals surface area contributed by atoms with E-state index in [9.17, 15) is 9.59 Å². The van der Waals surface area contributed by atoms with Crippen molar-refractivity contribution < 1.29 is 19.4 Å². The van der Waals surface area contributed by atoms with Gasteiger partial charge in [-0.25, -0.2) is 19.4 Å². The van der Waals surface area contributed by atoms with Gasteiger partial charge in [0.2, 0.25) is 0 Å². The molecule has 0 radical (unpaired) electrons. The summed E-state index contributed by atoms with van der Waals surface area (Å²) in [5.41, 5.74) is 0. The van der Waals surface area contributed by atoms with Crippen LogP contribution in [0.3, 0.4) is 0 Å². The lowest BCUT2D eigenvalue weighted by Gasteiger charge is -2.06. The Balaban J connectivity index is 3.36. The van der Waals surface area contributed by atoms with Crippen LogP contribution < -0.4 is 0 Å². The highest BCUT2D eigenvalue weighted by molar-refractivity contribution is 6.19. The Morgan fingerprint density at radius 3 is 1.95 bits per heavy atom. The summed E-state index contributed by atoms with van der Waals surface area (Å²) in [7, 11) is 0. The molecule has 0 heterocycles. The summed E-state index contributed by atoms with van der Waals surface area (Å²) in [5, 5.41) is 0. The Labute approximate surface area is 133 Å². The fourth-order valence-electron chi connectivity index (χ4n) is 1.85. The summed E-state index contributed by atoms with van der Waals surface area (Å²) in [5.74, 6) is -1.42. The predicted molar refractivity (Wildman–Crippen MR) is 83.9 cm³/mol. The van der Waals surface area contributed by atoms with E-state index in [1.54, 1.807) is 6.92 Å². The molecule has 0 aromatic heterocycles. The van der Waals surface area contributed by atoms with Crippen molar-refractivity contribution in [2.75, 3.05) is 5.88 Å². The molecule has 0 bridgehead atoms. The molecule has 5 heteroatoms. The molecule has 0 spiro atoms. The van der Waals surface area contributed by atoms with Gasteiger partial charge in [0.25, 0.3) is 0 Å². The van der Waals surface area contributed by atoms with Gasteiger partial charge in [0, 0.05) is 5.88 Å². The number of carbonyl (C=O) groups excluding carboxylic acids is 2. The summed E-state index contributed by atoms with van der Waals surface area (Å²) >= 11 is 5.49. The second-order valence-corrected chi connectivity index (χ2v) is 5.80. The topological polar surface area (TPSA) is 52.6 Å². The van der Waals surface area contributed by atoms with Gasteiger partial charge >= 0.3 is 11.9 Å². The molecule has 0 fully saturated rings. The van der Waals surface area contributed by atoms with E-state index >= 15 is 0 Å². The van der Waals surface area contributed by atoms with Crippen molar-refractivity contribution in [3.8, 4) is 0 Å². The third-order valence-electron chi connectivity index (χ3n) is 3.34. The number of hydrogen-bond acceptors (Lipinski definition) is 4. The maximum Gasteiger partial charge on any atom is 0.359 e. The number of halogens is 1. The van der Waals surface area contributed by atoms with Gasteiger partial charge in [-0.05, 0) is 6.42 Å². The smallest absolute Gasteiger partial charge is 0.247 e. The van der Waals surface area contributed by atoms with Crippen LogP contribution in [0.5, 0.6) is 0 Å². The highest BCUT2D eigenvalue weighted by atomic mass is 35.5. The maximum atomic E-state index is 11.3.